The molecule has 1 N–H and O–H groups in total. The zero-order chi connectivity index (χ0) is 15.0. The molecule has 0 unspecified atom stereocenters. The van der Waals surface area contributed by atoms with Crippen molar-refractivity contribution >= 4 is 23.2 Å². The lowest BCUT2D eigenvalue weighted by atomic mass is 10.1. The number of ether oxygens (including phenoxy) is 1. The number of hydrogen-bond acceptors (Lipinski definition) is 4. The summed E-state index contributed by atoms with van der Waals surface area (Å²) in [6, 6.07) is 4.21. The number of carbonyl (C=O) groups excluding carboxylic acids is 1. The van der Waals surface area contributed by atoms with Gasteiger partial charge in [-0.25, -0.2) is 0 Å². The van der Waals surface area contributed by atoms with Gasteiger partial charge in [0.05, 0.1) is 19.1 Å². The van der Waals surface area contributed by atoms with Crippen molar-refractivity contribution < 1.29 is 19.4 Å². The first-order valence-corrected chi connectivity index (χ1v) is 8.04. The molecule has 0 bridgehead atoms. The second-order valence-corrected chi connectivity index (χ2v) is 7.09. The summed E-state index contributed by atoms with van der Waals surface area (Å²) in [7, 11) is 0. The van der Waals surface area contributed by atoms with Crippen LogP contribution in [-0.4, -0.2) is 47.7 Å². The van der Waals surface area contributed by atoms with Crippen LogP contribution in [0.15, 0.2) is 12.1 Å². The Morgan fingerprint density at radius 3 is 2.95 bits per heavy atom. The van der Waals surface area contributed by atoms with Crippen LogP contribution in [0.25, 0.3) is 0 Å². The molecule has 1 amide bonds. The minimum Gasteiger partial charge on any atom is -0.481 e. The number of thiophene rings is 1. The summed E-state index contributed by atoms with van der Waals surface area (Å²) in [6.07, 6.45) is 0.503. The molecule has 0 radical (unpaired) electrons. The monoisotopic (exact) mass is 309 g/mol. The van der Waals surface area contributed by atoms with Gasteiger partial charge in [0.15, 0.2) is 0 Å². The van der Waals surface area contributed by atoms with E-state index in [1.54, 1.807) is 16.2 Å². The number of amides is 1. The highest BCUT2D eigenvalue weighted by atomic mass is 32.1. The average Bonchev–Trinajstić information content (AvgIpc) is 3.12. The Balaban J connectivity index is 1.57. The van der Waals surface area contributed by atoms with Gasteiger partial charge in [-0.1, -0.05) is 0 Å². The van der Waals surface area contributed by atoms with E-state index < -0.39 is 5.97 Å². The predicted molar refractivity (Wildman–Crippen MR) is 78.5 cm³/mol. The minimum absolute atomic E-state index is 0.0397. The number of aliphatic carboxylic acids is 1. The Labute approximate surface area is 127 Å². The fourth-order valence-corrected chi connectivity index (χ4v) is 3.96. The third kappa shape index (κ3) is 3.27. The van der Waals surface area contributed by atoms with E-state index in [4.69, 9.17) is 9.84 Å². The van der Waals surface area contributed by atoms with E-state index in [9.17, 15) is 9.59 Å². The van der Waals surface area contributed by atoms with Crippen molar-refractivity contribution in [2.24, 2.45) is 5.92 Å². The SMILES string of the molecule is Cc1ccc([C@@H]2C[C@H]2C(=O)N2CCO[C@@H](CC(=O)O)C2)s1. The summed E-state index contributed by atoms with van der Waals surface area (Å²) in [5.74, 6) is -0.291. The van der Waals surface area contributed by atoms with Gasteiger partial charge in [-0.3, -0.25) is 9.59 Å². The zero-order valence-corrected chi connectivity index (χ0v) is 12.8. The normalized spacial score (nSPS) is 28.4. The van der Waals surface area contributed by atoms with Gasteiger partial charge in [0.1, 0.15) is 0 Å². The van der Waals surface area contributed by atoms with Crippen LogP contribution >= 0.6 is 11.3 Å². The van der Waals surface area contributed by atoms with Crippen LogP contribution in [0.3, 0.4) is 0 Å². The van der Waals surface area contributed by atoms with Crippen molar-refractivity contribution in [2.45, 2.75) is 31.8 Å². The molecule has 0 aromatic carbocycles. The van der Waals surface area contributed by atoms with Crippen LogP contribution in [0.2, 0.25) is 0 Å². The van der Waals surface area contributed by atoms with Gasteiger partial charge < -0.3 is 14.7 Å². The van der Waals surface area contributed by atoms with E-state index in [1.165, 1.54) is 9.75 Å². The Kier molecular flexibility index (Phi) is 3.99. The zero-order valence-electron chi connectivity index (χ0n) is 11.9. The number of carbonyl (C=O) groups is 2. The second-order valence-electron chi connectivity index (χ2n) is 5.77. The third-order valence-corrected chi connectivity index (χ3v) is 5.22. The smallest absolute Gasteiger partial charge is 0.306 e. The largest absolute Gasteiger partial charge is 0.481 e. The lowest BCUT2D eigenvalue weighted by Crippen LogP contribution is -2.47. The molecule has 1 aromatic heterocycles. The molecular weight excluding hydrogens is 290 g/mol. The van der Waals surface area contributed by atoms with Crippen molar-refractivity contribution in [3.05, 3.63) is 21.9 Å². The Hall–Kier alpha value is -1.40. The molecule has 1 aromatic rings. The number of rotatable bonds is 4. The number of carboxylic acid groups (broad SMARTS) is 1. The Morgan fingerprint density at radius 1 is 1.48 bits per heavy atom. The van der Waals surface area contributed by atoms with Crippen LogP contribution in [0.5, 0.6) is 0 Å². The number of morpholine rings is 1. The van der Waals surface area contributed by atoms with Crippen LogP contribution in [0.1, 0.15) is 28.5 Å². The van der Waals surface area contributed by atoms with E-state index in [0.29, 0.717) is 25.6 Å². The van der Waals surface area contributed by atoms with E-state index in [1.807, 2.05) is 0 Å². The van der Waals surface area contributed by atoms with E-state index in [-0.39, 0.29) is 24.3 Å². The molecule has 5 nitrogen and oxygen atoms in total. The first-order chi connectivity index (χ1) is 10.0. The topological polar surface area (TPSA) is 66.8 Å². The van der Waals surface area contributed by atoms with Crippen molar-refractivity contribution in [2.75, 3.05) is 19.7 Å². The van der Waals surface area contributed by atoms with Crippen molar-refractivity contribution in [1.82, 2.24) is 4.90 Å². The van der Waals surface area contributed by atoms with Gasteiger partial charge in [-0.15, -0.1) is 11.3 Å². The molecule has 3 atom stereocenters. The molecule has 114 valence electrons. The quantitative estimate of drug-likeness (QED) is 0.922. The van der Waals surface area contributed by atoms with Crippen LogP contribution in [0.4, 0.5) is 0 Å². The number of aryl methyl sites for hydroxylation is 1. The molecule has 2 aliphatic rings. The van der Waals surface area contributed by atoms with Gasteiger partial charge >= 0.3 is 5.97 Å². The Morgan fingerprint density at radius 2 is 2.29 bits per heavy atom. The summed E-state index contributed by atoms with van der Waals surface area (Å²) < 4.78 is 5.41. The number of nitrogens with zero attached hydrogens (tertiary/aromatic N) is 1. The maximum absolute atomic E-state index is 12.5. The average molecular weight is 309 g/mol. The first-order valence-electron chi connectivity index (χ1n) is 7.23. The number of hydrogen-bond donors (Lipinski definition) is 1. The molecule has 1 saturated heterocycles. The summed E-state index contributed by atoms with van der Waals surface area (Å²) >= 11 is 1.76. The van der Waals surface area contributed by atoms with E-state index in [2.05, 4.69) is 19.1 Å². The van der Waals surface area contributed by atoms with Gasteiger partial charge in [0.2, 0.25) is 5.91 Å². The van der Waals surface area contributed by atoms with Crippen molar-refractivity contribution in [1.29, 1.82) is 0 Å². The predicted octanol–water partition coefficient (Wildman–Crippen LogP) is 1.86. The summed E-state index contributed by atoms with van der Waals surface area (Å²) in [5.41, 5.74) is 0. The van der Waals surface area contributed by atoms with E-state index >= 15 is 0 Å². The fraction of sp³-hybridized carbons (Fsp3) is 0.600. The Bertz CT molecular complexity index is 556. The maximum atomic E-state index is 12.5. The van der Waals surface area contributed by atoms with E-state index in [0.717, 1.165) is 6.42 Å². The molecule has 3 rings (SSSR count). The molecule has 1 aliphatic carbocycles. The lowest BCUT2D eigenvalue weighted by Gasteiger charge is -2.32. The van der Waals surface area contributed by atoms with Crippen molar-refractivity contribution in [3.63, 3.8) is 0 Å². The minimum atomic E-state index is -0.882. The highest BCUT2D eigenvalue weighted by molar-refractivity contribution is 7.12. The summed E-state index contributed by atoms with van der Waals surface area (Å²) in [5, 5.41) is 8.82. The highest BCUT2D eigenvalue weighted by Gasteiger charge is 2.47. The standard InChI is InChI=1S/C15H19NO4S/c1-9-2-3-13(21-9)11-7-12(11)15(19)16-4-5-20-10(8-16)6-14(17)18/h2-3,10-12H,4-8H2,1H3,(H,17,18)/t10-,11+,12+/m0/s1. The fourth-order valence-electron chi connectivity index (χ4n) is 2.91. The van der Waals surface area contributed by atoms with Gasteiger partial charge in [0, 0.05) is 34.7 Å². The maximum Gasteiger partial charge on any atom is 0.306 e. The first kappa shape index (κ1) is 14.5. The molecule has 0 spiro atoms. The van der Waals surface area contributed by atoms with Gasteiger partial charge in [-0.05, 0) is 25.5 Å². The van der Waals surface area contributed by atoms with Crippen LogP contribution in [0, 0.1) is 12.8 Å². The summed E-state index contributed by atoms with van der Waals surface area (Å²) in [4.78, 5) is 27.6. The lowest BCUT2D eigenvalue weighted by molar-refractivity contribution is -0.148. The molecule has 1 saturated carbocycles. The van der Waals surface area contributed by atoms with Gasteiger partial charge in [0.25, 0.3) is 0 Å². The van der Waals surface area contributed by atoms with Crippen LogP contribution < -0.4 is 0 Å². The second kappa shape index (κ2) is 5.77. The van der Waals surface area contributed by atoms with Gasteiger partial charge in [-0.2, -0.15) is 0 Å². The summed E-state index contributed by atoms with van der Waals surface area (Å²) in [6.45, 7) is 3.48. The van der Waals surface area contributed by atoms with Crippen LogP contribution in [-0.2, 0) is 14.3 Å². The molecule has 1 aliphatic heterocycles. The highest BCUT2D eigenvalue weighted by Crippen LogP contribution is 2.50. The molecule has 21 heavy (non-hydrogen) atoms. The molecule has 2 fully saturated rings. The third-order valence-electron chi connectivity index (χ3n) is 4.09. The number of carboxylic acids is 1. The molecule has 2 heterocycles. The molecular formula is C15H19NO4S. The van der Waals surface area contributed by atoms with Crippen molar-refractivity contribution in [3.8, 4) is 0 Å². The molecule has 6 heteroatoms.